The second-order valence-electron chi connectivity index (χ2n) is 3.15. The maximum Gasteiger partial charge on any atom is -0.0145 e. The van der Waals surface area contributed by atoms with Gasteiger partial charge in [0.1, 0.15) is 0 Å². The Morgan fingerprint density at radius 2 is 1.50 bits per heavy atom. The van der Waals surface area contributed by atoms with E-state index in [4.69, 9.17) is 0 Å². The van der Waals surface area contributed by atoms with Crippen LogP contribution in [0.2, 0.25) is 0 Å². The molecule has 0 saturated heterocycles. The van der Waals surface area contributed by atoms with Crippen molar-refractivity contribution < 1.29 is 0 Å². The van der Waals surface area contributed by atoms with Crippen molar-refractivity contribution in [1.82, 2.24) is 0 Å². The fourth-order valence-corrected chi connectivity index (χ4v) is 3.53. The molecule has 0 fully saturated rings. The first-order chi connectivity index (χ1) is 4.60. The fourth-order valence-electron chi connectivity index (χ4n) is 1.18. The first-order valence-electron chi connectivity index (χ1n) is 4.33. The van der Waals surface area contributed by atoms with E-state index in [1.807, 2.05) is 0 Å². The topological polar surface area (TPSA) is 0 Å². The van der Waals surface area contributed by atoms with Crippen molar-refractivity contribution in [1.29, 1.82) is 0 Å². The van der Waals surface area contributed by atoms with E-state index in [0.717, 1.165) is 5.25 Å². The van der Waals surface area contributed by atoms with Crippen LogP contribution in [0.5, 0.6) is 0 Å². The Hall–Kier alpha value is 0.350. The van der Waals surface area contributed by atoms with Crippen LogP contribution >= 0.6 is 10.0 Å². The molecule has 10 heavy (non-hydrogen) atoms. The lowest BCUT2D eigenvalue weighted by atomic mass is 10.4. The molecular weight excluding hydrogens is 140 g/mol. The molecule has 0 aromatic carbocycles. The minimum atomic E-state index is -0.244. The lowest BCUT2D eigenvalue weighted by molar-refractivity contribution is 0.889. The fraction of sp³-hybridized carbons (Fsp3) is 1.00. The third-order valence-electron chi connectivity index (χ3n) is 2.87. The maximum atomic E-state index is 2.49. The molecule has 0 heterocycles. The van der Waals surface area contributed by atoms with E-state index >= 15 is 0 Å². The predicted octanol–water partition coefficient (Wildman–Crippen LogP) is 3.26. The van der Waals surface area contributed by atoms with E-state index in [9.17, 15) is 0 Å². The predicted molar refractivity (Wildman–Crippen MR) is 54.4 cm³/mol. The van der Waals surface area contributed by atoms with Crippen LogP contribution in [0.15, 0.2) is 0 Å². The van der Waals surface area contributed by atoms with Gasteiger partial charge in [0.05, 0.1) is 0 Å². The van der Waals surface area contributed by atoms with Crippen molar-refractivity contribution in [3.8, 4) is 0 Å². The molecule has 0 amide bonds. The van der Waals surface area contributed by atoms with Crippen LogP contribution < -0.4 is 0 Å². The van der Waals surface area contributed by atoms with Gasteiger partial charge in [-0.3, -0.25) is 0 Å². The van der Waals surface area contributed by atoms with E-state index in [-0.39, 0.29) is 10.0 Å². The van der Waals surface area contributed by atoms with Crippen LogP contribution in [0.3, 0.4) is 0 Å². The summed E-state index contributed by atoms with van der Waals surface area (Å²) >= 11 is 0. The highest BCUT2D eigenvalue weighted by molar-refractivity contribution is 8.33. The van der Waals surface area contributed by atoms with Gasteiger partial charge in [0.2, 0.25) is 0 Å². The zero-order valence-corrected chi connectivity index (χ0v) is 8.92. The van der Waals surface area contributed by atoms with Crippen molar-refractivity contribution in [2.45, 2.75) is 39.4 Å². The summed E-state index contributed by atoms with van der Waals surface area (Å²) in [4.78, 5) is 0. The minimum absolute atomic E-state index is 0.244. The molecule has 0 N–H and O–H groups in total. The Morgan fingerprint density at radius 3 is 1.60 bits per heavy atom. The first-order valence-corrected chi connectivity index (χ1v) is 6.77. The average Bonchev–Trinajstić information content (AvgIpc) is 2.01. The molecule has 1 heteroatoms. The summed E-state index contributed by atoms with van der Waals surface area (Å²) in [5.74, 6) is 2.80. The van der Waals surface area contributed by atoms with Gasteiger partial charge in [0, 0.05) is 0 Å². The van der Waals surface area contributed by atoms with Crippen LogP contribution in [0.1, 0.15) is 34.1 Å². The lowest BCUT2D eigenvalue weighted by Crippen LogP contribution is -2.17. The molecule has 0 bridgehead atoms. The standard InChI is InChI=1S/C9H22S/c1-6-9(4)10(5,7-2)8-3/h9H,6-8H2,1-5H3. The van der Waals surface area contributed by atoms with Crippen molar-refractivity contribution in [3.05, 3.63) is 0 Å². The highest BCUT2D eigenvalue weighted by Gasteiger charge is 2.19. The molecule has 0 aliphatic rings. The SMILES string of the molecule is CCC(C)S(C)(CC)CC. The van der Waals surface area contributed by atoms with E-state index in [1.165, 1.54) is 17.9 Å². The Bertz CT molecular complexity index is 84.7. The molecule has 0 aliphatic carbocycles. The van der Waals surface area contributed by atoms with Crippen LogP contribution in [-0.2, 0) is 0 Å². The average molecular weight is 162 g/mol. The van der Waals surface area contributed by atoms with Gasteiger partial charge < -0.3 is 0 Å². The molecule has 0 nitrogen and oxygen atoms in total. The van der Waals surface area contributed by atoms with Crippen LogP contribution in [-0.4, -0.2) is 23.0 Å². The van der Waals surface area contributed by atoms with Gasteiger partial charge in [-0.25, -0.2) is 10.0 Å². The highest BCUT2D eigenvalue weighted by atomic mass is 32.3. The minimum Gasteiger partial charge on any atom is -0.242 e. The van der Waals surface area contributed by atoms with Gasteiger partial charge in [-0.05, 0) is 29.4 Å². The van der Waals surface area contributed by atoms with Gasteiger partial charge in [-0.2, -0.15) is 0 Å². The summed E-state index contributed by atoms with van der Waals surface area (Å²) < 4.78 is 0. The highest BCUT2D eigenvalue weighted by Crippen LogP contribution is 2.49. The van der Waals surface area contributed by atoms with Crippen LogP contribution in [0.25, 0.3) is 0 Å². The third-order valence-corrected chi connectivity index (χ3v) is 7.78. The van der Waals surface area contributed by atoms with Gasteiger partial charge in [-0.15, -0.1) is 0 Å². The Morgan fingerprint density at radius 1 is 1.10 bits per heavy atom. The largest absolute Gasteiger partial charge is 0.242 e. The summed E-state index contributed by atoms with van der Waals surface area (Å²) in [5, 5.41) is 0.961. The molecule has 0 aliphatic heterocycles. The van der Waals surface area contributed by atoms with Crippen molar-refractivity contribution in [2.24, 2.45) is 0 Å². The van der Waals surface area contributed by atoms with E-state index in [1.54, 1.807) is 0 Å². The van der Waals surface area contributed by atoms with Crippen LogP contribution in [0.4, 0.5) is 0 Å². The molecular formula is C9H22S. The van der Waals surface area contributed by atoms with Gasteiger partial charge in [-0.1, -0.05) is 27.7 Å². The second kappa shape index (κ2) is 4.27. The summed E-state index contributed by atoms with van der Waals surface area (Å²) in [6, 6.07) is 0. The molecule has 64 valence electrons. The summed E-state index contributed by atoms with van der Waals surface area (Å²) in [7, 11) is -0.244. The molecule has 0 saturated carbocycles. The molecule has 0 rings (SSSR count). The lowest BCUT2D eigenvalue weighted by Gasteiger charge is -2.39. The van der Waals surface area contributed by atoms with Crippen molar-refractivity contribution >= 4 is 10.0 Å². The molecule has 0 spiro atoms. The second-order valence-corrected chi connectivity index (χ2v) is 7.81. The van der Waals surface area contributed by atoms with Gasteiger partial charge >= 0.3 is 0 Å². The maximum absolute atomic E-state index is 2.49. The monoisotopic (exact) mass is 162 g/mol. The zero-order chi connectivity index (χ0) is 8.20. The third kappa shape index (κ3) is 2.19. The van der Waals surface area contributed by atoms with Crippen molar-refractivity contribution in [2.75, 3.05) is 17.8 Å². The first kappa shape index (κ1) is 10.3. The zero-order valence-electron chi connectivity index (χ0n) is 8.11. The van der Waals surface area contributed by atoms with Crippen LogP contribution in [0, 0.1) is 0 Å². The Labute approximate surface area is 67.7 Å². The van der Waals surface area contributed by atoms with E-state index < -0.39 is 0 Å². The van der Waals surface area contributed by atoms with E-state index in [2.05, 4.69) is 34.0 Å². The molecule has 1 atom stereocenters. The van der Waals surface area contributed by atoms with E-state index in [0.29, 0.717) is 0 Å². The number of hydrogen-bond acceptors (Lipinski definition) is 0. The quantitative estimate of drug-likeness (QED) is 0.595. The summed E-state index contributed by atoms with van der Waals surface area (Å²) in [6.45, 7) is 9.39. The number of hydrogen-bond donors (Lipinski definition) is 0. The Kier molecular flexibility index (Phi) is 4.42. The smallest absolute Gasteiger partial charge is 0.0145 e. The van der Waals surface area contributed by atoms with Gasteiger partial charge in [0.25, 0.3) is 0 Å². The molecule has 0 radical (unpaired) electrons. The molecule has 1 unspecified atom stereocenters. The van der Waals surface area contributed by atoms with Gasteiger partial charge in [0.15, 0.2) is 0 Å². The Balaban J connectivity index is 4.02. The summed E-state index contributed by atoms with van der Waals surface area (Å²) in [5.41, 5.74) is 0. The normalized spacial score (nSPS) is 16.9. The summed E-state index contributed by atoms with van der Waals surface area (Å²) in [6.07, 6.45) is 3.84. The molecule has 0 aromatic rings. The van der Waals surface area contributed by atoms with Crippen molar-refractivity contribution in [3.63, 3.8) is 0 Å². The molecule has 0 aromatic heterocycles. The number of rotatable bonds is 4.